The molecule has 0 aliphatic carbocycles. The molecule has 4 heteroatoms. The van der Waals surface area contributed by atoms with Crippen molar-refractivity contribution in [1.82, 2.24) is 0 Å². The molecule has 0 saturated heterocycles. The molecule has 0 fully saturated rings. The van der Waals surface area contributed by atoms with Crippen LogP contribution in [0.25, 0.3) is 0 Å². The quantitative estimate of drug-likeness (QED) is 0.883. The second-order valence-electron chi connectivity index (χ2n) is 5.15. The Kier molecular flexibility index (Phi) is 3.95. The first-order valence-corrected chi connectivity index (χ1v) is 7.31. The van der Waals surface area contributed by atoms with Gasteiger partial charge < -0.3 is 10.5 Å². The lowest BCUT2D eigenvalue weighted by Crippen LogP contribution is -2.05. The number of rotatable bonds is 4. The Morgan fingerprint density at radius 2 is 2.00 bits per heavy atom. The number of benzene rings is 2. The van der Waals surface area contributed by atoms with Gasteiger partial charge >= 0.3 is 0 Å². The molecule has 2 N–H and O–H groups in total. The summed E-state index contributed by atoms with van der Waals surface area (Å²) in [7, 11) is 0. The molecule has 1 aliphatic heterocycles. The lowest BCUT2D eigenvalue weighted by molar-refractivity contribution is 0.0992. The molecule has 0 radical (unpaired) electrons. The van der Waals surface area contributed by atoms with Gasteiger partial charge in [-0.15, -0.1) is 0 Å². The molecule has 0 aromatic heterocycles. The van der Waals surface area contributed by atoms with E-state index in [2.05, 4.69) is 0 Å². The second-order valence-corrected chi connectivity index (χ2v) is 5.59. The molecule has 2 aromatic carbocycles. The van der Waals surface area contributed by atoms with Crippen molar-refractivity contribution < 1.29 is 9.53 Å². The number of ether oxygens (including phenoxy) is 1. The summed E-state index contributed by atoms with van der Waals surface area (Å²) < 4.78 is 5.63. The highest BCUT2D eigenvalue weighted by atomic mass is 35.5. The maximum atomic E-state index is 12.4. The monoisotopic (exact) mass is 301 g/mol. The van der Waals surface area contributed by atoms with E-state index in [1.54, 1.807) is 0 Å². The molecule has 21 heavy (non-hydrogen) atoms. The van der Waals surface area contributed by atoms with E-state index in [-0.39, 0.29) is 5.78 Å². The molecule has 3 rings (SSSR count). The zero-order valence-electron chi connectivity index (χ0n) is 11.6. The Morgan fingerprint density at radius 3 is 2.71 bits per heavy atom. The van der Waals surface area contributed by atoms with Crippen molar-refractivity contribution in [2.75, 3.05) is 6.61 Å². The van der Waals surface area contributed by atoms with Crippen LogP contribution in [0.3, 0.4) is 0 Å². The molecule has 3 nitrogen and oxygen atoms in total. The summed E-state index contributed by atoms with van der Waals surface area (Å²) in [4.78, 5) is 12.4. The van der Waals surface area contributed by atoms with E-state index in [0.717, 1.165) is 28.9 Å². The van der Waals surface area contributed by atoms with E-state index in [1.807, 2.05) is 36.4 Å². The number of halogens is 1. The molecule has 1 heterocycles. The predicted octanol–water partition coefficient (Wildman–Crippen LogP) is 3.16. The van der Waals surface area contributed by atoms with Crippen LogP contribution in [0.4, 0.5) is 0 Å². The summed E-state index contributed by atoms with van der Waals surface area (Å²) in [5.41, 5.74) is 9.20. The van der Waals surface area contributed by atoms with Gasteiger partial charge in [0.25, 0.3) is 0 Å². The van der Waals surface area contributed by atoms with Crippen LogP contribution in [-0.2, 0) is 19.4 Å². The minimum absolute atomic E-state index is 0.0542. The number of carbonyl (C=O) groups excluding carboxylic acids is 1. The highest BCUT2D eigenvalue weighted by molar-refractivity contribution is 6.30. The highest BCUT2D eigenvalue weighted by Crippen LogP contribution is 2.33. The molecule has 0 atom stereocenters. The summed E-state index contributed by atoms with van der Waals surface area (Å²) in [5, 5.41) is 0.653. The van der Waals surface area contributed by atoms with Gasteiger partial charge in [0.2, 0.25) is 0 Å². The van der Waals surface area contributed by atoms with Crippen LogP contribution < -0.4 is 10.5 Å². The van der Waals surface area contributed by atoms with Crippen LogP contribution in [0.5, 0.6) is 5.75 Å². The van der Waals surface area contributed by atoms with Crippen molar-refractivity contribution in [2.24, 2.45) is 5.73 Å². The van der Waals surface area contributed by atoms with Gasteiger partial charge in [-0.05, 0) is 23.3 Å². The summed E-state index contributed by atoms with van der Waals surface area (Å²) in [6.45, 7) is 1.13. The number of Topliss-reactive ketones (excluding diaryl/α,β-unsaturated/α-hetero) is 1. The molecule has 108 valence electrons. The van der Waals surface area contributed by atoms with Crippen LogP contribution in [0.15, 0.2) is 36.4 Å². The Bertz CT molecular complexity index is 680. The number of carbonyl (C=O) groups is 1. The van der Waals surface area contributed by atoms with Crippen LogP contribution in [0, 0.1) is 0 Å². The first-order valence-electron chi connectivity index (χ1n) is 6.93. The summed E-state index contributed by atoms with van der Waals surface area (Å²) >= 11 is 6.12. The zero-order chi connectivity index (χ0) is 14.8. The van der Waals surface area contributed by atoms with Crippen molar-refractivity contribution in [3.05, 3.63) is 63.7 Å². The van der Waals surface area contributed by atoms with Crippen molar-refractivity contribution in [3.8, 4) is 5.75 Å². The SMILES string of the molecule is NCc1ccc(C(=O)Cc2cc(Cl)cc3c2OCC3)cc1. The fourth-order valence-corrected chi connectivity index (χ4v) is 2.84. The number of ketones is 1. The number of nitrogens with two attached hydrogens (primary N) is 1. The van der Waals surface area contributed by atoms with Gasteiger partial charge in [0.15, 0.2) is 5.78 Å². The smallest absolute Gasteiger partial charge is 0.167 e. The van der Waals surface area contributed by atoms with E-state index >= 15 is 0 Å². The molecule has 0 bridgehead atoms. The van der Waals surface area contributed by atoms with Crippen LogP contribution in [0.1, 0.15) is 27.0 Å². The molecule has 2 aromatic rings. The van der Waals surface area contributed by atoms with Crippen molar-refractivity contribution in [2.45, 2.75) is 19.4 Å². The van der Waals surface area contributed by atoms with Crippen LogP contribution >= 0.6 is 11.6 Å². The standard InChI is InChI=1S/C17H16ClNO2/c18-15-7-13-5-6-21-17(13)14(8-15)9-16(20)12-3-1-11(10-19)2-4-12/h1-4,7-8H,5-6,9-10,19H2. The fraction of sp³-hybridized carbons (Fsp3) is 0.235. The third kappa shape index (κ3) is 2.94. The zero-order valence-corrected chi connectivity index (χ0v) is 12.3. The molecular formula is C17H16ClNO2. The van der Waals surface area contributed by atoms with E-state index in [9.17, 15) is 4.79 Å². The third-order valence-corrected chi connectivity index (χ3v) is 3.91. The second kappa shape index (κ2) is 5.88. The minimum Gasteiger partial charge on any atom is -0.493 e. The normalized spacial score (nSPS) is 12.9. The Balaban J connectivity index is 1.84. The lowest BCUT2D eigenvalue weighted by atomic mass is 9.99. The third-order valence-electron chi connectivity index (χ3n) is 3.69. The topological polar surface area (TPSA) is 52.3 Å². The summed E-state index contributed by atoms with van der Waals surface area (Å²) in [6, 6.07) is 11.1. The average Bonchev–Trinajstić information content (AvgIpc) is 2.95. The first-order chi connectivity index (χ1) is 10.2. The van der Waals surface area contributed by atoms with Crippen molar-refractivity contribution in [3.63, 3.8) is 0 Å². The maximum absolute atomic E-state index is 12.4. The average molecular weight is 302 g/mol. The number of hydrogen-bond acceptors (Lipinski definition) is 3. The Hall–Kier alpha value is -1.84. The van der Waals surface area contributed by atoms with Crippen molar-refractivity contribution in [1.29, 1.82) is 0 Å². The van der Waals surface area contributed by atoms with E-state index in [0.29, 0.717) is 30.2 Å². The molecule has 0 amide bonds. The molecule has 1 aliphatic rings. The molecule has 0 spiro atoms. The van der Waals surface area contributed by atoms with E-state index in [1.165, 1.54) is 0 Å². The fourth-order valence-electron chi connectivity index (χ4n) is 2.58. The molecule has 0 unspecified atom stereocenters. The highest BCUT2D eigenvalue weighted by Gasteiger charge is 2.19. The summed E-state index contributed by atoms with van der Waals surface area (Å²) in [5.74, 6) is 0.880. The van der Waals surface area contributed by atoms with E-state index in [4.69, 9.17) is 22.1 Å². The van der Waals surface area contributed by atoms with Crippen LogP contribution in [-0.4, -0.2) is 12.4 Å². The molecule has 0 saturated carbocycles. The Labute approximate surface area is 128 Å². The largest absolute Gasteiger partial charge is 0.493 e. The van der Waals surface area contributed by atoms with Gasteiger partial charge in [-0.25, -0.2) is 0 Å². The predicted molar refractivity (Wildman–Crippen MR) is 83.0 cm³/mol. The van der Waals surface area contributed by atoms with Gasteiger partial charge in [-0.1, -0.05) is 35.9 Å². The Morgan fingerprint density at radius 1 is 1.24 bits per heavy atom. The van der Waals surface area contributed by atoms with Gasteiger partial charge in [0, 0.05) is 35.5 Å². The van der Waals surface area contributed by atoms with Gasteiger partial charge in [0.05, 0.1) is 6.61 Å². The van der Waals surface area contributed by atoms with Crippen LogP contribution in [0.2, 0.25) is 5.02 Å². The maximum Gasteiger partial charge on any atom is 0.167 e. The van der Waals surface area contributed by atoms with Crippen molar-refractivity contribution >= 4 is 17.4 Å². The summed E-state index contributed by atoms with van der Waals surface area (Å²) in [6.07, 6.45) is 1.15. The number of hydrogen-bond donors (Lipinski definition) is 1. The molecular weight excluding hydrogens is 286 g/mol. The van der Waals surface area contributed by atoms with Gasteiger partial charge in [0.1, 0.15) is 5.75 Å². The van der Waals surface area contributed by atoms with Gasteiger partial charge in [-0.3, -0.25) is 4.79 Å². The van der Waals surface area contributed by atoms with Gasteiger partial charge in [-0.2, -0.15) is 0 Å². The van der Waals surface area contributed by atoms with E-state index < -0.39 is 0 Å². The minimum atomic E-state index is 0.0542. The lowest BCUT2D eigenvalue weighted by Gasteiger charge is -2.09. The number of fused-ring (bicyclic) bond motifs is 1. The first kappa shape index (κ1) is 14.1.